The van der Waals surface area contributed by atoms with E-state index in [4.69, 9.17) is 5.73 Å². The molecule has 2 amide bonds. The van der Waals surface area contributed by atoms with Crippen molar-refractivity contribution in [2.75, 3.05) is 5.32 Å². The number of aryl methyl sites for hydroxylation is 1. The van der Waals surface area contributed by atoms with Crippen LogP contribution in [0.1, 0.15) is 53.6 Å². The van der Waals surface area contributed by atoms with E-state index < -0.39 is 30.2 Å². The molecule has 28 heavy (non-hydrogen) atoms. The van der Waals surface area contributed by atoms with Crippen LogP contribution in [-0.2, 0) is 36.9 Å². The van der Waals surface area contributed by atoms with Crippen molar-refractivity contribution in [3.63, 3.8) is 0 Å². The van der Waals surface area contributed by atoms with Crippen LogP contribution < -0.4 is 11.1 Å². The quantitative estimate of drug-likeness (QED) is 0.752. The number of rotatable bonds is 5. The number of nitrogens with zero attached hydrogens (tertiary/aromatic N) is 4. The van der Waals surface area contributed by atoms with Gasteiger partial charge in [0.25, 0.3) is 5.91 Å². The fourth-order valence-electron chi connectivity index (χ4n) is 3.39. The summed E-state index contributed by atoms with van der Waals surface area (Å²) >= 11 is 0. The summed E-state index contributed by atoms with van der Waals surface area (Å²) in [5.74, 6) is -1.42. The molecule has 1 aliphatic carbocycles. The van der Waals surface area contributed by atoms with Crippen molar-refractivity contribution in [3.05, 3.63) is 28.8 Å². The fourth-order valence-corrected chi connectivity index (χ4v) is 3.39. The molecule has 2 aromatic rings. The van der Waals surface area contributed by atoms with Gasteiger partial charge in [-0.05, 0) is 32.6 Å². The van der Waals surface area contributed by atoms with Crippen LogP contribution in [0.3, 0.4) is 0 Å². The van der Waals surface area contributed by atoms with Gasteiger partial charge >= 0.3 is 6.18 Å². The molecule has 0 unspecified atom stereocenters. The first kappa shape index (κ1) is 19.9. The summed E-state index contributed by atoms with van der Waals surface area (Å²) in [5.41, 5.74) is 4.97. The second-order valence-electron chi connectivity index (χ2n) is 6.65. The predicted octanol–water partition coefficient (Wildman–Crippen LogP) is 2.12. The molecule has 3 rings (SSSR count). The number of nitrogens with two attached hydrogens (primary N) is 1. The molecule has 152 valence electrons. The molecule has 0 radical (unpaired) electrons. The lowest BCUT2D eigenvalue weighted by Gasteiger charge is -2.08. The molecular weight excluding hydrogens is 377 g/mol. The van der Waals surface area contributed by atoms with Crippen LogP contribution in [0.2, 0.25) is 0 Å². The number of carbonyl (C=O) groups is 2. The number of fused-ring (bicyclic) bond motifs is 1. The van der Waals surface area contributed by atoms with Crippen LogP contribution in [0.5, 0.6) is 0 Å². The standard InChI is InChI=1S/C17H21F3N6O2/c1-2-25-8-11(14(23-25)16(21)28)22-13(27)9-26-12-7-5-3-4-6-10(12)15(24-26)17(18,19)20/h8H,2-7,9H2,1H3,(H2,21,28)(H,22,27). The molecule has 0 fully saturated rings. The normalized spacial score (nSPS) is 14.4. The molecule has 2 aromatic heterocycles. The van der Waals surface area contributed by atoms with Crippen molar-refractivity contribution in [3.8, 4) is 0 Å². The Morgan fingerprint density at radius 3 is 2.57 bits per heavy atom. The highest BCUT2D eigenvalue weighted by atomic mass is 19.4. The number of carbonyl (C=O) groups excluding carboxylic acids is 2. The lowest BCUT2D eigenvalue weighted by atomic mass is 10.1. The van der Waals surface area contributed by atoms with Gasteiger partial charge in [-0.15, -0.1) is 0 Å². The zero-order valence-electron chi connectivity index (χ0n) is 15.3. The third kappa shape index (κ3) is 4.02. The Hall–Kier alpha value is -2.85. The third-order valence-electron chi connectivity index (χ3n) is 4.66. The Labute approximate surface area is 158 Å². The molecular formula is C17H21F3N6O2. The molecule has 0 aromatic carbocycles. The van der Waals surface area contributed by atoms with Crippen LogP contribution in [0.4, 0.5) is 18.9 Å². The molecule has 0 bridgehead atoms. The van der Waals surface area contributed by atoms with Crippen LogP contribution in [0, 0.1) is 0 Å². The molecule has 0 saturated carbocycles. The van der Waals surface area contributed by atoms with Crippen LogP contribution >= 0.6 is 0 Å². The number of hydrogen-bond donors (Lipinski definition) is 2. The second kappa shape index (κ2) is 7.64. The van der Waals surface area contributed by atoms with E-state index in [1.165, 1.54) is 10.9 Å². The van der Waals surface area contributed by atoms with Crippen molar-refractivity contribution in [1.82, 2.24) is 19.6 Å². The second-order valence-corrected chi connectivity index (χ2v) is 6.65. The predicted molar refractivity (Wildman–Crippen MR) is 93.5 cm³/mol. The smallest absolute Gasteiger partial charge is 0.364 e. The van der Waals surface area contributed by atoms with Gasteiger partial charge in [0.05, 0.1) is 5.69 Å². The molecule has 3 N–H and O–H groups in total. The van der Waals surface area contributed by atoms with E-state index in [2.05, 4.69) is 15.5 Å². The van der Waals surface area contributed by atoms with E-state index in [1.54, 1.807) is 6.92 Å². The molecule has 0 spiro atoms. The van der Waals surface area contributed by atoms with Crippen LogP contribution in [-0.4, -0.2) is 31.4 Å². The van der Waals surface area contributed by atoms with E-state index in [0.29, 0.717) is 31.5 Å². The summed E-state index contributed by atoms with van der Waals surface area (Å²) in [7, 11) is 0. The molecule has 8 nitrogen and oxygen atoms in total. The lowest BCUT2D eigenvalue weighted by Crippen LogP contribution is -2.23. The van der Waals surface area contributed by atoms with Gasteiger partial charge in [-0.2, -0.15) is 23.4 Å². The van der Waals surface area contributed by atoms with Gasteiger partial charge in [0.1, 0.15) is 6.54 Å². The zero-order chi connectivity index (χ0) is 20.5. The highest BCUT2D eigenvalue weighted by Gasteiger charge is 2.39. The number of amides is 2. The number of primary amides is 1. The highest BCUT2D eigenvalue weighted by Crippen LogP contribution is 2.35. The monoisotopic (exact) mass is 398 g/mol. The van der Waals surface area contributed by atoms with Gasteiger partial charge in [-0.3, -0.25) is 19.0 Å². The average molecular weight is 398 g/mol. The summed E-state index contributed by atoms with van der Waals surface area (Å²) in [6.45, 7) is 1.85. The summed E-state index contributed by atoms with van der Waals surface area (Å²) in [6.07, 6.45) is -0.164. The van der Waals surface area contributed by atoms with Gasteiger partial charge in [0.15, 0.2) is 11.4 Å². The Balaban J connectivity index is 1.86. The van der Waals surface area contributed by atoms with Crippen molar-refractivity contribution in [2.45, 2.75) is 58.3 Å². The summed E-state index contributed by atoms with van der Waals surface area (Å²) in [4.78, 5) is 23.9. The lowest BCUT2D eigenvalue weighted by molar-refractivity contribution is -0.142. The van der Waals surface area contributed by atoms with Gasteiger partial charge in [-0.25, -0.2) is 0 Å². The minimum absolute atomic E-state index is 0.106. The molecule has 0 saturated heterocycles. The first-order valence-electron chi connectivity index (χ1n) is 9.03. The minimum Gasteiger partial charge on any atom is -0.364 e. The topological polar surface area (TPSA) is 108 Å². The molecule has 0 aliphatic heterocycles. The zero-order valence-corrected chi connectivity index (χ0v) is 15.3. The van der Waals surface area contributed by atoms with Crippen molar-refractivity contribution < 1.29 is 22.8 Å². The maximum Gasteiger partial charge on any atom is 0.435 e. The fraction of sp³-hybridized carbons (Fsp3) is 0.529. The number of anilines is 1. The number of alkyl halides is 3. The van der Waals surface area contributed by atoms with E-state index in [9.17, 15) is 22.8 Å². The first-order chi connectivity index (χ1) is 13.2. The number of halogens is 3. The third-order valence-corrected chi connectivity index (χ3v) is 4.66. The van der Waals surface area contributed by atoms with E-state index in [1.807, 2.05) is 0 Å². The largest absolute Gasteiger partial charge is 0.435 e. The molecule has 0 atom stereocenters. The van der Waals surface area contributed by atoms with Gasteiger partial charge < -0.3 is 11.1 Å². The Morgan fingerprint density at radius 1 is 1.21 bits per heavy atom. The summed E-state index contributed by atoms with van der Waals surface area (Å²) < 4.78 is 42.6. The van der Waals surface area contributed by atoms with Gasteiger partial charge in [0.2, 0.25) is 5.91 Å². The molecule has 1 aliphatic rings. The van der Waals surface area contributed by atoms with Crippen molar-refractivity contribution >= 4 is 17.5 Å². The Kier molecular flexibility index (Phi) is 5.43. The Bertz CT molecular complexity index is 900. The number of nitrogens with one attached hydrogen (secondary N) is 1. The van der Waals surface area contributed by atoms with E-state index in [0.717, 1.165) is 17.5 Å². The highest BCUT2D eigenvalue weighted by molar-refractivity contribution is 6.01. The van der Waals surface area contributed by atoms with Gasteiger partial charge in [0, 0.05) is 24.0 Å². The van der Waals surface area contributed by atoms with Crippen LogP contribution in [0.15, 0.2) is 6.20 Å². The SMILES string of the molecule is CCn1cc(NC(=O)Cn2nc(C(F)(F)F)c3c2CCCCC3)c(C(N)=O)n1. The first-order valence-corrected chi connectivity index (χ1v) is 9.03. The maximum absolute atomic E-state index is 13.4. The average Bonchev–Trinajstić information content (AvgIpc) is 3.07. The van der Waals surface area contributed by atoms with Crippen LogP contribution in [0.25, 0.3) is 0 Å². The van der Waals surface area contributed by atoms with Gasteiger partial charge in [-0.1, -0.05) is 6.42 Å². The van der Waals surface area contributed by atoms with Crippen molar-refractivity contribution in [1.29, 1.82) is 0 Å². The van der Waals surface area contributed by atoms with E-state index in [-0.39, 0.29) is 16.9 Å². The van der Waals surface area contributed by atoms with E-state index >= 15 is 0 Å². The summed E-state index contributed by atoms with van der Waals surface area (Å²) in [5, 5.41) is 10.1. The number of hydrogen-bond acceptors (Lipinski definition) is 4. The minimum atomic E-state index is -4.57. The van der Waals surface area contributed by atoms with Crippen molar-refractivity contribution in [2.24, 2.45) is 5.73 Å². The maximum atomic E-state index is 13.4. The number of aromatic nitrogens is 4. The summed E-state index contributed by atoms with van der Waals surface area (Å²) in [6, 6.07) is 0. The Morgan fingerprint density at radius 2 is 1.93 bits per heavy atom. The molecule has 11 heteroatoms. The molecule has 2 heterocycles.